The topological polar surface area (TPSA) is 105 Å². The molecule has 0 N–H and O–H groups in total. The molecule has 184 valence electrons. The molecule has 0 fully saturated rings. The van der Waals surface area contributed by atoms with E-state index >= 15 is 0 Å². The van der Waals surface area contributed by atoms with Crippen molar-refractivity contribution in [3.63, 3.8) is 0 Å². The van der Waals surface area contributed by atoms with Crippen molar-refractivity contribution in [3.8, 4) is 23.0 Å². The molecular formula is C26H18Cl2O8. The molecule has 36 heavy (non-hydrogen) atoms. The van der Waals surface area contributed by atoms with Gasteiger partial charge in [-0.15, -0.1) is 0 Å². The summed E-state index contributed by atoms with van der Waals surface area (Å²) < 4.78 is 21.3. The first-order valence-electron chi connectivity index (χ1n) is 10.6. The quantitative estimate of drug-likeness (QED) is 0.185. The van der Waals surface area contributed by atoms with Gasteiger partial charge in [-0.25, -0.2) is 4.79 Å². The Morgan fingerprint density at radius 2 is 1.22 bits per heavy atom. The van der Waals surface area contributed by atoms with Crippen LogP contribution in [0.2, 0.25) is 10.0 Å². The van der Waals surface area contributed by atoms with Crippen LogP contribution < -0.4 is 14.2 Å². The van der Waals surface area contributed by atoms with E-state index in [2.05, 4.69) is 0 Å². The number of esters is 4. The summed E-state index contributed by atoms with van der Waals surface area (Å²) in [6.45, 7) is 3.60. The average Bonchev–Trinajstić information content (AvgIpc) is 2.78. The Kier molecular flexibility index (Phi) is 7.01. The van der Waals surface area contributed by atoms with Crippen molar-refractivity contribution < 1.29 is 38.1 Å². The zero-order valence-electron chi connectivity index (χ0n) is 19.2. The van der Waals surface area contributed by atoms with Crippen molar-refractivity contribution in [1.82, 2.24) is 0 Å². The number of hydrogen-bond acceptors (Lipinski definition) is 8. The summed E-state index contributed by atoms with van der Waals surface area (Å²) >= 11 is 12.8. The first-order valence-corrected chi connectivity index (χ1v) is 11.3. The monoisotopic (exact) mass is 528 g/mol. The third-order valence-corrected chi connectivity index (χ3v) is 5.80. The molecule has 0 saturated carbocycles. The third-order valence-electron chi connectivity index (χ3n) is 5.21. The molecule has 10 heteroatoms. The molecule has 0 aromatic heterocycles. The molecule has 0 atom stereocenters. The Bertz CT molecular complexity index is 1360. The van der Waals surface area contributed by atoms with Crippen LogP contribution in [0.5, 0.6) is 23.0 Å². The van der Waals surface area contributed by atoms with Gasteiger partial charge in [0, 0.05) is 49.9 Å². The summed E-state index contributed by atoms with van der Waals surface area (Å²) in [5.41, 5.74) is 1.67. The maximum atomic E-state index is 12.8. The van der Waals surface area contributed by atoms with Gasteiger partial charge >= 0.3 is 23.9 Å². The molecule has 0 saturated heterocycles. The molecule has 4 rings (SSSR count). The van der Waals surface area contributed by atoms with Gasteiger partial charge in [0.25, 0.3) is 0 Å². The molecule has 1 heterocycles. The van der Waals surface area contributed by atoms with E-state index in [1.165, 1.54) is 32.0 Å². The van der Waals surface area contributed by atoms with Crippen LogP contribution >= 0.6 is 23.2 Å². The molecule has 8 nitrogen and oxygen atoms in total. The minimum absolute atomic E-state index is 0.0727. The van der Waals surface area contributed by atoms with Gasteiger partial charge in [0.15, 0.2) is 11.5 Å². The highest BCUT2D eigenvalue weighted by Gasteiger charge is 2.34. The lowest BCUT2D eigenvalue weighted by Gasteiger charge is -2.30. The van der Waals surface area contributed by atoms with Gasteiger partial charge in [0.2, 0.25) is 0 Å². The maximum absolute atomic E-state index is 12.8. The van der Waals surface area contributed by atoms with Gasteiger partial charge in [0.05, 0.1) is 15.6 Å². The number of ether oxygens (including phenoxy) is 4. The molecule has 0 bridgehead atoms. The van der Waals surface area contributed by atoms with Gasteiger partial charge in [-0.05, 0) is 23.8 Å². The van der Waals surface area contributed by atoms with E-state index in [1.807, 2.05) is 0 Å². The SMILES string of the molecule is CC(=O)OC(=O)c1ccccc1C1c2cc(Cl)c(OC(C)=O)cc2Oc2cc(OC(C)=O)c(Cl)cc21. The fourth-order valence-corrected chi connectivity index (χ4v) is 4.36. The van der Waals surface area contributed by atoms with Gasteiger partial charge in [0.1, 0.15) is 11.5 Å². The van der Waals surface area contributed by atoms with E-state index in [0.29, 0.717) is 16.7 Å². The number of carbonyl (C=O) groups excluding carboxylic acids is 4. The molecule has 1 aliphatic heterocycles. The molecular weight excluding hydrogens is 511 g/mol. The normalized spacial score (nSPS) is 12.0. The number of hydrogen-bond donors (Lipinski definition) is 0. The summed E-state index contributed by atoms with van der Waals surface area (Å²) in [6.07, 6.45) is 0. The second kappa shape index (κ2) is 10.0. The molecule has 0 spiro atoms. The van der Waals surface area contributed by atoms with E-state index in [4.69, 9.17) is 42.1 Å². The summed E-state index contributed by atoms with van der Waals surface area (Å²) in [4.78, 5) is 47.4. The van der Waals surface area contributed by atoms with Crippen LogP contribution in [-0.4, -0.2) is 23.9 Å². The average molecular weight is 529 g/mol. The number of halogens is 2. The van der Waals surface area contributed by atoms with Crippen molar-refractivity contribution in [1.29, 1.82) is 0 Å². The lowest BCUT2D eigenvalue weighted by atomic mass is 9.80. The minimum Gasteiger partial charge on any atom is -0.456 e. The number of rotatable bonds is 4. The molecule has 3 aromatic rings. The van der Waals surface area contributed by atoms with Crippen LogP contribution in [0.15, 0.2) is 48.5 Å². The molecule has 3 aromatic carbocycles. The molecule has 0 radical (unpaired) electrons. The predicted octanol–water partition coefficient (Wildman–Crippen LogP) is 5.83. The van der Waals surface area contributed by atoms with Crippen LogP contribution in [-0.2, 0) is 19.1 Å². The molecule has 0 amide bonds. The first-order chi connectivity index (χ1) is 17.0. The Balaban J connectivity index is 1.97. The van der Waals surface area contributed by atoms with Gasteiger partial charge in [-0.1, -0.05) is 41.4 Å². The van der Waals surface area contributed by atoms with Crippen LogP contribution in [0, 0.1) is 0 Å². The van der Waals surface area contributed by atoms with Crippen molar-refractivity contribution in [2.45, 2.75) is 26.7 Å². The lowest BCUT2D eigenvalue weighted by molar-refractivity contribution is -0.135. The first kappa shape index (κ1) is 25.2. The van der Waals surface area contributed by atoms with Crippen molar-refractivity contribution in [2.24, 2.45) is 0 Å². The van der Waals surface area contributed by atoms with Crippen molar-refractivity contribution in [3.05, 3.63) is 80.8 Å². The van der Waals surface area contributed by atoms with E-state index in [-0.39, 0.29) is 38.6 Å². The highest BCUT2D eigenvalue weighted by molar-refractivity contribution is 6.32. The smallest absolute Gasteiger partial charge is 0.346 e. The maximum Gasteiger partial charge on any atom is 0.346 e. The van der Waals surface area contributed by atoms with Crippen LogP contribution in [0.1, 0.15) is 53.7 Å². The number of carbonyl (C=O) groups is 4. The van der Waals surface area contributed by atoms with Crippen LogP contribution in [0.3, 0.4) is 0 Å². The van der Waals surface area contributed by atoms with Gasteiger partial charge in [-0.3, -0.25) is 14.4 Å². The summed E-state index contributed by atoms with van der Waals surface area (Å²) in [5.74, 6) is -2.72. The van der Waals surface area contributed by atoms with Crippen LogP contribution in [0.25, 0.3) is 0 Å². The highest BCUT2D eigenvalue weighted by atomic mass is 35.5. The molecule has 1 aliphatic rings. The largest absolute Gasteiger partial charge is 0.456 e. The third kappa shape index (κ3) is 5.05. The highest BCUT2D eigenvalue weighted by Crippen LogP contribution is 2.52. The zero-order valence-corrected chi connectivity index (χ0v) is 20.7. The van der Waals surface area contributed by atoms with Gasteiger partial charge in [-0.2, -0.15) is 0 Å². The fraction of sp³-hybridized carbons (Fsp3) is 0.154. The Morgan fingerprint density at radius 1 is 0.722 bits per heavy atom. The van der Waals surface area contributed by atoms with Crippen LogP contribution in [0.4, 0.5) is 0 Å². The molecule has 0 aliphatic carbocycles. The van der Waals surface area contributed by atoms with E-state index < -0.39 is 29.8 Å². The standard InChI is InChI=1S/C26H18Cl2O8/c1-12(29)33-23-10-21-17(8-19(23)27)25(15-6-4-5-7-16(15)26(32)35-14(3)31)18-9-20(28)24(34-13(2)30)11-22(18)36-21/h4-11,25H,1-3H3. The van der Waals surface area contributed by atoms with E-state index in [0.717, 1.165) is 6.92 Å². The van der Waals surface area contributed by atoms with Crippen molar-refractivity contribution >= 4 is 47.1 Å². The van der Waals surface area contributed by atoms with E-state index in [9.17, 15) is 19.2 Å². The van der Waals surface area contributed by atoms with Crippen molar-refractivity contribution in [2.75, 3.05) is 0 Å². The summed E-state index contributed by atoms with van der Waals surface area (Å²) in [5, 5.41) is 0.264. The second-order valence-electron chi connectivity index (χ2n) is 7.83. The Morgan fingerprint density at radius 3 is 1.69 bits per heavy atom. The predicted molar refractivity (Wildman–Crippen MR) is 129 cm³/mol. The lowest BCUT2D eigenvalue weighted by Crippen LogP contribution is -2.18. The Hall–Kier alpha value is -3.88. The number of benzene rings is 3. The van der Waals surface area contributed by atoms with E-state index in [1.54, 1.807) is 30.3 Å². The Labute approximate surface area is 215 Å². The summed E-state index contributed by atoms with van der Waals surface area (Å²) in [7, 11) is 0. The zero-order chi connectivity index (χ0) is 26.1. The minimum atomic E-state index is -0.835. The second-order valence-corrected chi connectivity index (χ2v) is 8.65. The fourth-order valence-electron chi connectivity index (χ4n) is 3.94. The van der Waals surface area contributed by atoms with Gasteiger partial charge < -0.3 is 18.9 Å². The summed E-state index contributed by atoms with van der Waals surface area (Å²) in [6, 6.07) is 12.6. The molecule has 0 unspecified atom stereocenters. The number of fused-ring (bicyclic) bond motifs is 2.